The van der Waals surface area contributed by atoms with Crippen LogP contribution in [0.2, 0.25) is 0 Å². The Morgan fingerprint density at radius 2 is 2.12 bits per heavy atom. The Hall–Kier alpha value is -3.88. The van der Waals surface area contributed by atoms with E-state index < -0.39 is 5.91 Å². The summed E-state index contributed by atoms with van der Waals surface area (Å²) in [6.45, 7) is 6.21. The third kappa shape index (κ3) is 4.33. The van der Waals surface area contributed by atoms with Gasteiger partial charge in [0.25, 0.3) is 11.5 Å². The number of allylic oxidation sites excluding steroid dienone is 3. The number of aromatic nitrogens is 4. The van der Waals surface area contributed by atoms with Crippen LogP contribution >= 0.6 is 0 Å². The summed E-state index contributed by atoms with van der Waals surface area (Å²) in [7, 11) is 0. The highest BCUT2D eigenvalue weighted by Gasteiger charge is 2.26. The fraction of sp³-hybridized carbons (Fsp3) is 0.360. The van der Waals surface area contributed by atoms with Crippen molar-refractivity contribution in [1.29, 1.82) is 0 Å². The van der Waals surface area contributed by atoms with Crippen molar-refractivity contribution >= 4 is 22.9 Å². The van der Waals surface area contributed by atoms with Crippen molar-refractivity contribution in [1.82, 2.24) is 18.9 Å². The molecule has 1 amide bonds. The molecule has 2 aliphatic rings. The zero-order valence-electron chi connectivity index (χ0n) is 19.4. The van der Waals surface area contributed by atoms with E-state index in [1.54, 1.807) is 39.7 Å². The van der Waals surface area contributed by atoms with E-state index >= 15 is 0 Å². The zero-order chi connectivity index (χ0) is 23.8. The minimum atomic E-state index is -0.465. The van der Waals surface area contributed by atoms with Gasteiger partial charge in [0.2, 0.25) is 11.7 Å². The van der Waals surface area contributed by atoms with E-state index in [1.165, 1.54) is 0 Å². The average Bonchev–Trinajstić information content (AvgIpc) is 3.59. The number of amides is 1. The van der Waals surface area contributed by atoms with Crippen LogP contribution in [0.25, 0.3) is 11.4 Å². The predicted molar refractivity (Wildman–Crippen MR) is 128 cm³/mol. The molecule has 1 fully saturated rings. The van der Waals surface area contributed by atoms with Crippen LogP contribution in [0.3, 0.4) is 0 Å². The molecular formula is C25H27N5O4. The molecule has 1 saturated carbocycles. The molecule has 1 aliphatic carbocycles. The number of hydrogen-bond acceptors (Lipinski definition) is 6. The van der Waals surface area contributed by atoms with Gasteiger partial charge < -0.3 is 19.4 Å². The number of carbonyl (C=O) groups is 1. The second-order valence-corrected chi connectivity index (χ2v) is 8.71. The largest absolute Gasteiger partial charge is 0.493 e. The molecular weight excluding hydrogens is 434 g/mol. The Balaban J connectivity index is 1.51. The van der Waals surface area contributed by atoms with Gasteiger partial charge in [0.1, 0.15) is 17.9 Å². The molecule has 1 N–H and O–H groups in total. The molecule has 0 bridgehead atoms. The smallest absolute Gasteiger partial charge is 0.274 e. The summed E-state index contributed by atoms with van der Waals surface area (Å²) < 4.78 is 14.9. The van der Waals surface area contributed by atoms with E-state index in [-0.39, 0.29) is 34.8 Å². The molecule has 3 aromatic rings. The summed E-state index contributed by atoms with van der Waals surface area (Å²) in [5, 5.41) is 2.76. The summed E-state index contributed by atoms with van der Waals surface area (Å²) in [4.78, 5) is 35.2. The topological polar surface area (TPSA) is 99.8 Å². The normalized spacial score (nSPS) is 16.4. The molecule has 9 nitrogen and oxygen atoms in total. The van der Waals surface area contributed by atoms with Gasteiger partial charge in [0, 0.05) is 30.2 Å². The lowest BCUT2D eigenvalue weighted by atomic mass is 10.1. The van der Waals surface area contributed by atoms with Crippen molar-refractivity contribution in [3.63, 3.8) is 0 Å². The van der Waals surface area contributed by atoms with Gasteiger partial charge in [-0.1, -0.05) is 13.0 Å². The van der Waals surface area contributed by atoms with E-state index in [2.05, 4.69) is 15.3 Å². The number of imidazole rings is 1. The molecule has 0 unspecified atom stereocenters. The Labute approximate surface area is 196 Å². The van der Waals surface area contributed by atoms with Crippen LogP contribution in [-0.2, 0) is 4.74 Å². The Morgan fingerprint density at radius 3 is 2.82 bits per heavy atom. The number of nitrogens with one attached hydrogen (secondary N) is 1. The second kappa shape index (κ2) is 8.81. The molecule has 0 spiro atoms. The minimum Gasteiger partial charge on any atom is -0.493 e. The summed E-state index contributed by atoms with van der Waals surface area (Å²) in [6.07, 6.45) is 11.6. The van der Waals surface area contributed by atoms with Crippen LogP contribution in [0, 0.1) is 0 Å². The molecule has 4 heterocycles. The summed E-state index contributed by atoms with van der Waals surface area (Å²) in [5.41, 5.74) is 1.86. The lowest BCUT2D eigenvalue weighted by Crippen LogP contribution is -2.26. The maximum absolute atomic E-state index is 13.3. The maximum atomic E-state index is 13.3. The first-order valence-corrected chi connectivity index (χ1v) is 11.5. The van der Waals surface area contributed by atoms with Crippen LogP contribution < -0.4 is 15.6 Å². The number of ether oxygens (including phenoxy) is 2. The highest BCUT2D eigenvalue weighted by Crippen LogP contribution is 2.33. The lowest BCUT2D eigenvalue weighted by molar-refractivity contribution is 0.101. The Bertz CT molecular complexity index is 1380. The number of hydrogen-bond donors (Lipinski definition) is 1. The molecule has 3 aromatic heterocycles. The van der Waals surface area contributed by atoms with E-state index in [0.717, 1.165) is 30.6 Å². The predicted octanol–water partition coefficient (Wildman–Crippen LogP) is 3.97. The first kappa shape index (κ1) is 21.9. The third-order valence-electron chi connectivity index (χ3n) is 6.01. The molecule has 0 saturated heterocycles. The third-order valence-corrected chi connectivity index (χ3v) is 6.01. The van der Waals surface area contributed by atoms with Gasteiger partial charge in [0.05, 0.1) is 17.6 Å². The van der Waals surface area contributed by atoms with Crippen LogP contribution in [0.1, 0.15) is 62.1 Å². The van der Waals surface area contributed by atoms with Gasteiger partial charge in [-0.2, -0.15) is 4.98 Å². The van der Waals surface area contributed by atoms with Crippen molar-refractivity contribution in [2.75, 3.05) is 11.9 Å². The van der Waals surface area contributed by atoms with Crippen molar-refractivity contribution in [2.45, 2.75) is 52.2 Å². The van der Waals surface area contributed by atoms with Gasteiger partial charge in [0.15, 0.2) is 0 Å². The molecule has 1 atom stereocenters. The first-order valence-electron chi connectivity index (χ1n) is 11.5. The van der Waals surface area contributed by atoms with Crippen LogP contribution in [-0.4, -0.2) is 37.6 Å². The maximum Gasteiger partial charge on any atom is 0.274 e. The summed E-state index contributed by atoms with van der Waals surface area (Å²) in [6, 6.07) is 3.60. The van der Waals surface area contributed by atoms with Crippen molar-refractivity contribution in [3.8, 4) is 5.88 Å². The highest BCUT2D eigenvalue weighted by atomic mass is 16.5. The van der Waals surface area contributed by atoms with Crippen LogP contribution in [0.5, 0.6) is 5.88 Å². The monoisotopic (exact) mass is 461 g/mol. The van der Waals surface area contributed by atoms with Gasteiger partial charge in [-0.15, -0.1) is 0 Å². The fourth-order valence-corrected chi connectivity index (χ4v) is 3.68. The number of rotatable bonds is 7. The summed E-state index contributed by atoms with van der Waals surface area (Å²) in [5.74, 6) is 0.968. The van der Waals surface area contributed by atoms with Crippen LogP contribution in [0.15, 0.2) is 53.4 Å². The van der Waals surface area contributed by atoms with E-state index in [4.69, 9.17) is 9.47 Å². The van der Waals surface area contributed by atoms with Crippen molar-refractivity contribution < 1.29 is 14.3 Å². The van der Waals surface area contributed by atoms with Crippen molar-refractivity contribution in [2.24, 2.45) is 0 Å². The first-order chi connectivity index (χ1) is 16.4. The Kier molecular flexibility index (Phi) is 5.69. The van der Waals surface area contributed by atoms with E-state index in [9.17, 15) is 9.59 Å². The molecule has 0 aromatic carbocycles. The van der Waals surface area contributed by atoms with E-state index in [0.29, 0.717) is 18.1 Å². The van der Waals surface area contributed by atoms with Gasteiger partial charge in [-0.05, 0) is 51.3 Å². The summed E-state index contributed by atoms with van der Waals surface area (Å²) >= 11 is 0. The SMILES string of the molecule is CC[C@H](C)Oc1nc2nc(C3=CC=C(C)OC3)cn2cc1C(=O)Nc1cccn(C2CC2)c1=O. The van der Waals surface area contributed by atoms with Crippen LogP contribution in [0.4, 0.5) is 5.69 Å². The molecule has 176 valence electrons. The standard InChI is InChI=1S/C25H27N5O4/c1-4-15(2)34-23-19(22(31)26-20-6-5-11-30(24(20)32)18-9-10-18)12-29-13-21(27-25(29)28-23)17-8-7-16(3)33-14-17/h5-8,11-13,15,18H,4,9-10,14H2,1-3H3,(H,26,31)/t15-/m0/s1. The van der Waals surface area contributed by atoms with E-state index in [1.807, 2.05) is 32.9 Å². The Morgan fingerprint density at radius 1 is 1.29 bits per heavy atom. The number of fused-ring (bicyclic) bond motifs is 1. The second-order valence-electron chi connectivity index (χ2n) is 8.71. The number of anilines is 1. The quantitative estimate of drug-likeness (QED) is 0.572. The minimum absolute atomic E-state index is 0.151. The van der Waals surface area contributed by atoms with Crippen molar-refractivity contribution in [3.05, 3.63) is 70.2 Å². The lowest BCUT2D eigenvalue weighted by Gasteiger charge is -2.15. The molecule has 1 aliphatic heterocycles. The molecule has 34 heavy (non-hydrogen) atoms. The molecule has 9 heteroatoms. The number of nitrogens with zero attached hydrogens (tertiary/aromatic N) is 4. The van der Waals surface area contributed by atoms with Gasteiger partial charge in [-0.3, -0.25) is 14.0 Å². The average molecular weight is 462 g/mol. The fourth-order valence-electron chi connectivity index (χ4n) is 3.68. The highest BCUT2D eigenvalue weighted by molar-refractivity contribution is 6.05. The van der Waals surface area contributed by atoms with Gasteiger partial charge in [-0.25, -0.2) is 4.98 Å². The molecule has 0 radical (unpaired) electrons. The number of pyridine rings is 1. The number of carbonyl (C=O) groups excluding carboxylic acids is 1. The molecule has 5 rings (SSSR count). The zero-order valence-corrected chi connectivity index (χ0v) is 19.4. The van der Waals surface area contributed by atoms with Gasteiger partial charge >= 0.3 is 0 Å².